The normalized spacial score (nSPS) is 12.2. The topological polar surface area (TPSA) is 496 Å². The minimum Gasteiger partial charge on any atom is -0.322 e. The van der Waals surface area contributed by atoms with Gasteiger partial charge in [-0.2, -0.15) is 50.5 Å². The number of rotatable bonds is 17. The Balaban J connectivity index is 0.926. The summed E-state index contributed by atoms with van der Waals surface area (Å²) < 4.78 is 206. The van der Waals surface area contributed by atoms with Gasteiger partial charge < -0.3 is 26.6 Å². The second kappa shape index (κ2) is 23.5. The standard InChI is InChI=1S/C51H41N7O23S6/c1-25-9-11-31(19-35(25)49(61)56-39-13-15-41(84(70,71)72)37-21-33(82(64,65)66)23-43(45(37)39)86(76,77)78)52-47(59)27-5-3-7-29(17-27)54-51(63)55-30-8-4-6-28(18-30)48(60)53-32-12-10-26(2)36(20-32)50(62)58-57-40-14-16-42(85(73,74)75)38-22-34(83(67,68)69)24-44(46(38)40)87(79,80)81/h3-24,57H,1-2H3,(H,52,59)(H,53,60)(H,56,61)(H,58,62)(H2,54,55,63)(H,64,65,66)(H,67,68,69)(H,70,71,72)(H,73,74,75)(H,76,77,78)(H,79,80,81). The molecule has 0 unspecified atom stereocenters. The van der Waals surface area contributed by atoms with Crippen LogP contribution in [-0.4, -0.2) is 107 Å². The van der Waals surface area contributed by atoms with Crippen molar-refractivity contribution in [2.45, 2.75) is 43.2 Å². The van der Waals surface area contributed by atoms with Gasteiger partial charge in [0.15, 0.2) is 0 Å². The molecule has 0 saturated heterocycles. The lowest BCUT2D eigenvalue weighted by Gasteiger charge is -2.17. The molecule has 0 aromatic heterocycles. The summed E-state index contributed by atoms with van der Waals surface area (Å²) in [5.74, 6) is -3.45. The number of carbonyl (C=O) groups is 5. The summed E-state index contributed by atoms with van der Waals surface area (Å²) in [7, 11) is -31.8. The monoisotopic (exact) mass is 1310 g/mol. The summed E-state index contributed by atoms with van der Waals surface area (Å²) in [4.78, 5) is 60.6. The van der Waals surface area contributed by atoms with Gasteiger partial charge in [0.2, 0.25) is 0 Å². The van der Waals surface area contributed by atoms with Crippen molar-refractivity contribution in [1.29, 1.82) is 0 Å². The molecule has 30 nitrogen and oxygen atoms in total. The smallest absolute Gasteiger partial charge is 0.322 e. The molecule has 8 aromatic carbocycles. The summed E-state index contributed by atoms with van der Waals surface area (Å²) in [6, 6.07) is 23.1. The van der Waals surface area contributed by atoms with E-state index in [4.69, 9.17) is 0 Å². The molecule has 87 heavy (non-hydrogen) atoms. The number of carbonyl (C=O) groups excluding carboxylic acids is 5. The third-order valence-corrected chi connectivity index (χ3v) is 17.8. The van der Waals surface area contributed by atoms with Gasteiger partial charge in [-0.25, -0.2) is 4.79 Å². The van der Waals surface area contributed by atoms with Crippen molar-refractivity contribution in [2.75, 3.05) is 32.0 Å². The summed E-state index contributed by atoms with van der Waals surface area (Å²) >= 11 is 0. The number of nitrogens with one attached hydrogen (secondary N) is 7. The van der Waals surface area contributed by atoms with E-state index in [1.807, 2.05) is 0 Å². The number of hydrogen-bond donors (Lipinski definition) is 13. The van der Waals surface area contributed by atoms with Gasteiger partial charge in [-0.15, -0.1) is 0 Å². The molecule has 8 aromatic rings. The Morgan fingerprint density at radius 2 is 0.724 bits per heavy atom. The number of fused-ring (bicyclic) bond motifs is 2. The Kier molecular flexibility index (Phi) is 17.2. The fourth-order valence-electron chi connectivity index (χ4n) is 8.60. The summed E-state index contributed by atoms with van der Waals surface area (Å²) in [5, 5.41) is 9.46. The molecule has 0 aliphatic rings. The molecule has 0 aliphatic carbocycles. The van der Waals surface area contributed by atoms with Gasteiger partial charge in [-0.3, -0.25) is 57.3 Å². The lowest BCUT2D eigenvalue weighted by molar-refractivity contribution is 0.0959. The average Bonchev–Trinajstić information content (AvgIpc) is 0.813. The second-order valence-electron chi connectivity index (χ2n) is 18.5. The van der Waals surface area contributed by atoms with E-state index in [9.17, 15) is 102 Å². The molecule has 6 amide bonds. The van der Waals surface area contributed by atoms with Gasteiger partial charge in [-0.1, -0.05) is 24.3 Å². The first kappa shape index (κ1) is 63.7. The van der Waals surface area contributed by atoms with Crippen LogP contribution >= 0.6 is 0 Å². The molecule has 36 heteroatoms. The van der Waals surface area contributed by atoms with Crippen LogP contribution in [0.2, 0.25) is 0 Å². The molecule has 0 heterocycles. The third kappa shape index (κ3) is 14.5. The van der Waals surface area contributed by atoms with E-state index in [0.717, 1.165) is 12.1 Å². The zero-order valence-corrected chi connectivity index (χ0v) is 48.7. The highest BCUT2D eigenvalue weighted by molar-refractivity contribution is 7.88. The van der Waals surface area contributed by atoms with E-state index in [1.54, 1.807) is 0 Å². The highest BCUT2D eigenvalue weighted by Gasteiger charge is 2.30. The number of aryl methyl sites for hydroxylation is 2. The number of urea groups is 1. The largest absolute Gasteiger partial charge is 0.323 e. The van der Waals surface area contributed by atoms with Crippen LogP contribution < -0.4 is 37.4 Å². The highest BCUT2D eigenvalue weighted by Crippen LogP contribution is 2.39. The second-order valence-corrected chi connectivity index (χ2v) is 26.9. The van der Waals surface area contributed by atoms with Crippen molar-refractivity contribution in [3.8, 4) is 0 Å². The lowest BCUT2D eigenvalue weighted by Crippen LogP contribution is -2.30. The number of hydrogen-bond acceptors (Lipinski definition) is 18. The quantitative estimate of drug-likeness (QED) is 0.0354. The van der Waals surface area contributed by atoms with Crippen LogP contribution in [0.25, 0.3) is 21.5 Å². The molecule has 8 rings (SSSR count). The first-order valence-electron chi connectivity index (χ1n) is 23.8. The Hall–Kier alpha value is -9.31. The molecular weight excluding hydrogens is 1270 g/mol. The van der Waals surface area contributed by atoms with Gasteiger partial charge in [-0.05, 0) is 134 Å². The molecule has 0 radical (unpaired) electrons. The van der Waals surface area contributed by atoms with Crippen LogP contribution in [0.4, 0.5) is 38.9 Å². The summed E-state index contributed by atoms with van der Waals surface area (Å²) in [6.07, 6.45) is 0. The molecule has 0 bridgehead atoms. The molecule has 0 fully saturated rings. The van der Waals surface area contributed by atoms with Crippen molar-refractivity contribution >= 4 is 146 Å². The Morgan fingerprint density at radius 1 is 0.345 bits per heavy atom. The number of amides is 6. The van der Waals surface area contributed by atoms with E-state index >= 15 is 0 Å². The molecular formula is C51H41N7O23S6. The molecule has 454 valence electrons. The molecule has 0 aliphatic heterocycles. The maximum absolute atomic E-state index is 13.8. The van der Waals surface area contributed by atoms with Crippen molar-refractivity contribution in [2.24, 2.45) is 0 Å². The van der Waals surface area contributed by atoms with Crippen LogP contribution in [0.3, 0.4) is 0 Å². The van der Waals surface area contributed by atoms with Crippen LogP contribution in [0.5, 0.6) is 0 Å². The molecule has 0 saturated carbocycles. The van der Waals surface area contributed by atoms with E-state index in [0.29, 0.717) is 42.0 Å². The molecule has 0 spiro atoms. The zero-order chi connectivity index (χ0) is 64.1. The highest BCUT2D eigenvalue weighted by atomic mass is 32.2. The Bertz CT molecular complexity index is 5050. The van der Waals surface area contributed by atoms with Crippen molar-refractivity contribution in [3.05, 3.63) is 167 Å². The Labute approximate surface area is 492 Å². The number of hydrazine groups is 1. The van der Waals surface area contributed by atoms with Crippen LogP contribution in [0, 0.1) is 13.8 Å². The average molecular weight is 1310 g/mol. The molecule has 13 N–H and O–H groups in total. The predicted octanol–water partition coefficient (Wildman–Crippen LogP) is 6.25. The molecule has 0 atom stereocenters. The first-order chi connectivity index (χ1) is 40.3. The van der Waals surface area contributed by atoms with Crippen molar-refractivity contribution in [3.63, 3.8) is 0 Å². The van der Waals surface area contributed by atoms with Gasteiger partial charge in [0, 0.05) is 66.5 Å². The number of benzene rings is 8. The zero-order valence-electron chi connectivity index (χ0n) is 43.8. The minimum absolute atomic E-state index is 0.00514. The van der Waals surface area contributed by atoms with Gasteiger partial charge in [0.05, 0.1) is 21.2 Å². The van der Waals surface area contributed by atoms with Crippen LogP contribution in [0.15, 0.2) is 163 Å². The van der Waals surface area contributed by atoms with E-state index in [2.05, 4.69) is 37.4 Å². The van der Waals surface area contributed by atoms with Crippen LogP contribution in [0.1, 0.15) is 52.6 Å². The van der Waals surface area contributed by atoms with Gasteiger partial charge in [0.1, 0.15) is 19.6 Å². The van der Waals surface area contributed by atoms with E-state index in [1.165, 1.54) is 98.8 Å². The number of anilines is 6. The minimum atomic E-state index is -5.45. The summed E-state index contributed by atoms with van der Waals surface area (Å²) in [6.45, 7) is 2.98. The predicted molar refractivity (Wildman–Crippen MR) is 310 cm³/mol. The van der Waals surface area contributed by atoms with Crippen LogP contribution in [-0.2, 0) is 60.7 Å². The SMILES string of the molecule is Cc1ccc(NC(=O)c2cccc(NC(=O)Nc3cccc(C(=O)Nc4ccc(C)c(C(=O)Nc5ccc(S(=O)(=O)O)c6cc(S(=O)(=O)O)cc(S(=O)(=O)O)c56)c4)c3)c2)cc1C(=O)NNc1ccc(S(=O)(=O)O)c2cc(S(=O)(=O)O)cc(S(=O)(=O)O)c12. The van der Waals surface area contributed by atoms with E-state index < -0.39 is 153 Å². The van der Waals surface area contributed by atoms with Crippen molar-refractivity contribution in [1.82, 2.24) is 5.43 Å². The maximum Gasteiger partial charge on any atom is 0.323 e. The lowest BCUT2D eigenvalue weighted by atomic mass is 10.1. The van der Waals surface area contributed by atoms with Gasteiger partial charge in [0.25, 0.3) is 84.3 Å². The third-order valence-electron chi connectivity index (χ3n) is 12.5. The fourth-order valence-corrected chi connectivity index (χ4v) is 12.7. The Morgan fingerprint density at radius 3 is 1.13 bits per heavy atom. The van der Waals surface area contributed by atoms with E-state index in [-0.39, 0.29) is 50.6 Å². The maximum atomic E-state index is 13.8. The van der Waals surface area contributed by atoms with Gasteiger partial charge >= 0.3 is 6.03 Å². The fraction of sp³-hybridized carbons (Fsp3) is 0.0392. The summed E-state index contributed by atoms with van der Waals surface area (Å²) in [5.41, 5.74) is 4.22. The van der Waals surface area contributed by atoms with Crippen molar-refractivity contribution < 1.29 is 102 Å². The first-order valence-corrected chi connectivity index (χ1v) is 32.5.